The van der Waals surface area contributed by atoms with Crippen molar-refractivity contribution >= 4 is 0 Å². The van der Waals surface area contributed by atoms with Gasteiger partial charge in [-0.1, -0.05) is 0 Å². The van der Waals surface area contributed by atoms with Crippen molar-refractivity contribution in [2.45, 2.75) is 32.7 Å². The Labute approximate surface area is 125 Å². The second-order valence-corrected chi connectivity index (χ2v) is 5.83. The quantitative estimate of drug-likeness (QED) is 0.849. The molecule has 1 aromatic heterocycles. The van der Waals surface area contributed by atoms with Crippen LogP contribution in [-0.4, -0.2) is 33.8 Å². The third-order valence-corrected chi connectivity index (χ3v) is 4.17. The third kappa shape index (κ3) is 2.84. The SMILES string of the molecule is CC(C)N1CCc2cn(-c3ccc(C#N)cc3)nc2CC1. The van der Waals surface area contributed by atoms with E-state index in [1.165, 1.54) is 11.3 Å². The van der Waals surface area contributed by atoms with Crippen LogP contribution >= 0.6 is 0 Å². The van der Waals surface area contributed by atoms with Crippen molar-refractivity contribution in [1.29, 1.82) is 5.26 Å². The van der Waals surface area contributed by atoms with Crippen LogP contribution in [0.3, 0.4) is 0 Å². The van der Waals surface area contributed by atoms with Crippen molar-refractivity contribution in [3.63, 3.8) is 0 Å². The van der Waals surface area contributed by atoms with E-state index in [0.717, 1.165) is 31.6 Å². The Hall–Kier alpha value is -2.12. The van der Waals surface area contributed by atoms with Crippen molar-refractivity contribution in [2.75, 3.05) is 13.1 Å². The average molecular weight is 280 g/mol. The number of hydrogen-bond acceptors (Lipinski definition) is 3. The molecule has 3 rings (SSSR count). The summed E-state index contributed by atoms with van der Waals surface area (Å²) >= 11 is 0. The maximum Gasteiger partial charge on any atom is 0.0991 e. The van der Waals surface area contributed by atoms with Gasteiger partial charge in [-0.3, -0.25) is 0 Å². The molecular formula is C17H20N4. The van der Waals surface area contributed by atoms with Crippen molar-refractivity contribution in [3.05, 3.63) is 47.3 Å². The lowest BCUT2D eigenvalue weighted by molar-refractivity contribution is 0.232. The number of benzene rings is 1. The summed E-state index contributed by atoms with van der Waals surface area (Å²) in [5.41, 5.74) is 4.26. The van der Waals surface area contributed by atoms with E-state index in [9.17, 15) is 0 Å². The smallest absolute Gasteiger partial charge is 0.0991 e. The van der Waals surface area contributed by atoms with Crippen molar-refractivity contribution in [1.82, 2.24) is 14.7 Å². The molecule has 1 aliphatic rings. The molecule has 0 saturated carbocycles. The van der Waals surface area contributed by atoms with Gasteiger partial charge in [0.1, 0.15) is 0 Å². The van der Waals surface area contributed by atoms with Crippen LogP contribution in [0.5, 0.6) is 0 Å². The predicted octanol–water partition coefficient (Wildman–Crippen LogP) is 2.55. The van der Waals surface area contributed by atoms with Gasteiger partial charge in [0.25, 0.3) is 0 Å². The summed E-state index contributed by atoms with van der Waals surface area (Å²) in [7, 11) is 0. The molecule has 4 heteroatoms. The first kappa shape index (κ1) is 13.8. The maximum atomic E-state index is 8.86. The van der Waals surface area contributed by atoms with E-state index in [2.05, 4.69) is 31.0 Å². The Bertz CT molecular complexity index is 636. The minimum Gasteiger partial charge on any atom is -0.300 e. The molecule has 2 aromatic rings. The molecular weight excluding hydrogens is 260 g/mol. The van der Waals surface area contributed by atoms with E-state index in [-0.39, 0.29) is 0 Å². The standard InChI is InChI=1S/C17H20N4/c1-13(2)20-9-7-15-12-21(19-17(15)8-10-20)16-5-3-14(11-18)4-6-16/h3-6,12-13H,7-10H2,1-2H3. The molecule has 0 atom stereocenters. The molecule has 1 aromatic carbocycles. The highest BCUT2D eigenvalue weighted by Crippen LogP contribution is 2.18. The van der Waals surface area contributed by atoms with Crippen LogP contribution in [0.15, 0.2) is 30.5 Å². The summed E-state index contributed by atoms with van der Waals surface area (Å²) in [6.07, 6.45) is 4.21. The molecule has 4 nitrogen and oxygen atoms in total. The Morgan fingerprint density at radius 2 is 1.86 bits per heavy atom. The second kappa shape index (κ2) is 5.71. The molecule has 0 aliphatic carbocycles. The van der Waals surface area contributed by atoms with Crippen molar-refractivity contribution < 1.29 is 0 Å². The van der Waals surface area contributed by atoms with Crippen LogP contribution in [-0.2, 0) is 12.8 Å². The molecule has 2 heterocycles. The van der Waals surface area contributed by atoms with Crippen LogP contribution in [0.2, 0.25) is 0 Å². The van der Waals surface area contributed by atoms with Gasteiger partial charge < -0.3 is 4.90 Å². The Morgan fingerprint density at radius 1 is 1.14 bits per heavy atom. The summed E-state index contributed by atoms with van der Waals surface area (Å²) in [5.74, 6) is 0. The predicted molar refractivity (Wildman–Crippen MR) is 82.4 cm³/mol. The monoisotopic (exact) mass is 280 g/mol. The third-order valence-electron chi connectivity index (χ3n) is 4.17. The van der Waals surface area contributed by atoms with Gasteiger partial charge in [-0.2, -0.15) is 10.4 Å². The van der Waals surface area contributed by atoms with Gasteiger partial charge in [0.15, 0.2) is 0 Å². The molecule has 0 unspecified atom stereocenters. The number of nitrogens with zero attached hydrogens (tertiary/aromatic N) is 4. The Balaban J connectivity index is 1.82. The summed E-state index contributed by atoms with van der Waals surface area (Å²) in [6.45, 7) is 6.68. The zero-order valence-electron chi connectivity index (χ0n) is 12.6. The Kier molecular flexibility index (Phi) is 3.76. The van der Waals surface area contributed by atoms with Crippen LogP contribution < -0.4 is 0 Å². The van der Waals surface area contributed by atoms with Gasteiger partial charge in [0.05, 0.1) is 23.0 Å². The van der Waals surface area contributed by atoms with Gasteiger partial charge in [-0.25, -0.2) is 4.68 Å². The van der Waals surface area contributed by atoms with Crippen LogP contribution in [0.1, 0.15) is 30.7 Å². The summed E-state index contributed by atoms with van der Waals surface area (Å²) in [5, 5.41) is 13.6. The maximum absolute atomic E-state index is 8.86. The molecule has 108 valence electrons. The highest BCUT2D eigenvalue weighted by molar-refractivity contribution is 5.39. The lowest BCUT2D eigenvalue weighted by Crippen LogP contribution is -2.33. The first-order valence-electron chi connectivity index (χ1n) is 7.49. The molecule has 0 fully saturated rings. The van der Waals surface area contributed by atoms with Gasteiger partial charge in [-0.15, -0.1) is 0 Å². The van der Waals surface area contributed by atoms with Gasteiger partial charge >= 0.3 is 0 Å². The van der Waals surface area contributed by atoms with Gasteiger partial charge in [0, 0.05) is 31.7 Å². The zero-order valence-corrected chi connectivity index (χ0v) is 12.6. The largest absolute Gasteiger partial charge is 0.300 e. The summed E-state index contributed by atoms with van der Waals surface area (Å²) < 4.78 is 1.94. The molecule has 0 bridgehead atoms. The molecule has 0 radical (unpaired) electrons. The van der Waals surface area contributed by atoms with Crippen LogP contribution in [0, 0.1) is 11.3 Å². The lowest BCUT2D eigenvalue weighted by Gasteiger charge is -2.23. The minimum absolute atomic E-state index is 0.597. The van der Waals surface area contributed by atoms with E-state index in [4.69, 9.17) is 10.4 Å². The molecule has 0 spiro atoms. The second-order valence-electron chi connectivity index (χ2n) is 5.83. The van der Waals surface area contributed by atoms with Crippen molar-refractivity contribution in [3.8, 4) is 11.8 Å². The van der Waals surface area contributed by atoms with E-state index in [1.807, 2.05) is 28.9 Å². The molecule has 21 heavy (non-hydrogen) atoms. The van der Waals surface area contributed by atoms with E-state index in [0.29, 0.717) is 11.6 Å². The number of rotatable bonds is 2. The first-order valence-corrected chi connectivity index (χ1v) is 7.49. The van der Waals surface area contributed by atoms with E-state index in [1.54, 1.807) is 0 Å². The lowest BCUT2D eigenvalue weighted by atomic mass is 10.2. The Morgan fingerprint density at radius 3 is 2.52 bits per heavy atom. The fraction of sp³-hybridized carbons (Fsp3) is 0.412. The van der Waals surface area contributed by atoms with Gasteiger partial charge in [-0.05, 0) is 50.1 Å². The van der Waals surface area contributed by atoms with Crippen LogP contribution in [0.4, 0.5) is 0 Å². The summed E-state index contributed by atoms with van der Waals surface area (Å²) in [6, 6.07) is 10.3. The number of fused-ring (bicyclic) bond motifs is 1. The van der Waals surface area contributed by atoms with E-state index < -0.39 is 0 Å². The zero-order chi connectivity index (χ0) is 14.8. The minimum atomic E-state index is 0.597. The highest BCUT2D eigenvalue weighted by atomic mass is 15.3. The fourth-order valence-corrected chi connectivity index (χ4v) is 2.83. The number of nitriles is 1. The molecule has 0 N–H and O–H groups in total. The molecule has 0 saturated heterocycles. The first-order chi connectivity index (χ1) is 10.2. The average Bonchev–Trinajstić information content (AvgIpc) is 2.80. The van der Waals surface area contributed by atoms with E-state index >= 15 is 0 Å². The number of aromatic nitrogens is 2. The highest BCUT2D eigenvalue weighted by Gasteiger charge is 2.18. The summed E-state index contributed by atoms with van der Waals surface area (Å²) in [4.78, 5) is 2.51. The normalized spacial score (nSPS) is 15.5. The van der Waals surface area contributed by atoms with Crippen molar-refractivity contribution in [2.24, 2.45) is 0 Å². The number of hydrogen-bond donors (Lipinski definition) is 0. The van der Waals surface area contributed by atoms with Crippen LogP contribution in [0.25, 0.3) is 5.69 Å². The molecule has 1 aliphatic heterocycles. The topological polar surface area (TPSA) is 44.9 Å². The fourth-order valence-electron chi connectivity index (χ4n) is 2.83. The van der Waals surface area contributed by atoms with Gasteiger partial charge in [0.2, 0.25) is 0 Å². The molecule has 0 amide bonds.